The van der Waals surface area contributed by atoms with Crippen molar-refractivity contribution in [1.29, 1.82) is 5.26 Å². The van der Waals surface area contributed by atoms with Crippen LogP contribution in [0.4, 0.5) is 0 Å². The fourth-order valence-corrected chi connectivity index (χ4v) is 3.81. The molecular weight excluding hydrogens is 348 g/mol. The van der Waals surface area contributed by atoms with Crippen LogP contribution in [0.25, 0.3) is 6.08 Å². The molecule has 1 heterocycles. The first-order valence-corrected chi connectivity index (χ1v) is 9.17. The van der Waals surface area contributed by atoms with E-state index in [-0.39, 0.29) is 16.2 Å². The highest BCUT2D eigenvalue weighted by Crippen LogP contribution is 2.19. The molecule has 0 atom stereocenters. The minimum absolute atomic E-state index is 0.124. The Morgan fingerprint density at radius 1 is 0.923 bits per heavy atom. The van der Waals surface area contributed by atoms with Crippen LogP contribution in [0, 0.1) is 11.3 Å². The lowest BCUT2D eigenvalue weighted by atomic mass is 10.0. The van der Waals surface area contributed by atoms with Crippen molar-refractivity contribution in [1.82, 2.24) is 3.97 Å². The highest BCUT2D eigenvalue weighted by Gasteiger charge is 2.19. The first kappa shape index (κ1) is 17.4. The lowest BCUT2D eigenvalue weighted by Gasteiger charge is -2.08. The number of carbonyl (C=O) groups excluding carboxylic acids is 1. The van der Waals surface area contributed by atoms with Crippen LogP contribution in [0.1, 0.15) is 16.1 Å². The van der Waals surface area contributed by atoms with Gasteiger partial charge in [-0.15, -0.1) is 0 Å². The number of allylic oxidation sites excluding steroid dienone is 1. The van der Waals surface area contributed by atoms with Crippen molar-refractivity contribution in [3.63, 3.8) is 0 Å². The largest absolute Gasteiger partial charge is 0.288 e. The Balaban J connectivity index is 2.04. The van der Waals surface area contributed by atoms with Crippen LogP contribution in [-0.2, 0) is 10.0 Å². The molecule has 6 heteroatoms. The van der Waals surface area contributed by atoms with Gasteiger partial charge in [-0.2, -0.15) is 5.26 Å². The molecule has 26 heavy (non-hydrogen) atoms. The van der Waals surface area contributed by atoms with E-state index < -0.39 is 15.8 Å². The molecule has 5 nitrogen and oxygen atoms in total. The zero-order chi connectivity index (χ0) is 18.6. The normalized spacial score (nSPS) is 11.7. The topological polar surface area (TPSA) is 79.9 Å². The summed E-state index contributed by atoms with van der Waals surface area (Å²) in [6.45, 7) is 0. The number of hydrogen-bond acceptors (Lipinski definition) is 4. The van der Waals surface area contributed by atoms with Crippen molar-refractivity contribution < 1.29 is 13.2 Å². The highest BCUT2D eigenvalue weighted by molar-refractivity contribution is 7.90. The number of Topliss-reactive ketones (excluding diaryl/α,β-unsaturated/α-hetero) is 1. The molecule has 0 saturated carbocycles. The molecule has 0 spiro atoms. The van der Waals surface area contributed by atoms with E-state index in [1.807, 2.05) is 6.07 Å². The SMILES string of the molecule is N#C/C(=C\c1cccn1S(=O)(=O)c1ccccc1)C(=O)c1ccccc1. The van der Waals surface area contributed by atoms with Crippen molar-refractivity contribution in [2.24, 2.45) is 0 Å². The summed E-state index contributed by atoms with van der Waals surface area (Å²) in [5.41, 5.74) is 0.457. The maximum Gasteiger partial charge on any atom is 0.268 e. The van der Waals surface area contributed by atoms with Crippen molar-refractivity contribution in [2.45, 2.75) is 4.90 Å². The highest BCUT2D eigenvalue weighted by atomic mass is 32.2. The molecule has 0 N–H and O–H groups in total. The molecule has 3 aromatic rings. The van der Waals surface area contributed by atoms with Gasteiger partial charge in [0.25, 0.3) is 10.0 Å². The summed E-state index contributed by atoms with van der Waals surface area (Å²) >= 11 is 0. The molecule has 0 fully saturated rings. The molecule has 3 rings (SSSR count). The molecule has 0 aliphatic rings. The van der Waals surface area contributed by atoms with Gasteiger partial charge in [-0.1, -0.05) is 48.5 Å². The molecule has 1 aromatic heterocycles. The summed E-state index contributed by atoms with van der Waals surface area (Å²) in [5.74, 6) is -0.460. The summed E-state index contributed by atoms with van der Waals surface area (Å²) in [6.07, 6.45) is 2.67. The van der Waals surface area contributed by atoms with Crippen molar-refractivity contribution in [2.75, 3.05) is 0 Å². The molecule has 128 valence electrons. The Kier molecular flexibility index (Phi) is 4.83. The van der Waals surface area contributed by atoms with E-state index in [0.717, 1.165) is 3.97 Å². The van der Waals surface area contributed by atoms with Crippen molar-refractivity contribution >= 4 is 21.9 Å². The Morgan fingerprint density at radius 2 is 1.54 bits per heavy atom. The number of hydrogen-bond donors (Lipinski definition) is 0. The second kappa shape index (κ2) is 7.21. The third-order valence-electron chi connectivity index (χ3n) is 3.74. The molecular formula is C20H14N2O3S. The monoisotopic (exact) mass is 362 g/mol. The summed E-state index contributed by atoms with van der Waals surface area (Å²) in [6, 6.07) is 21.3. The predicted octanol–water partition coefficient (Wildman–Crippen LogP) is 3.51. The quantitative estimate of drug-likeness (QED) is 0.395. The lowest BCUT2D eigenvalue weighted by Crippen LogP contribution is -2.13. The summed E-state index contributed by atoms with van der Waals surface area (Å²) in [7, 11) is -3.82. The first-order chi connectivity index (χ1) is 12.5. The fraction of sp³-hybridized carbons (Fsp3) is 0. The van der Waals surface area contributed by atoms with Crippen molar-refractivity contribution in [3.05, 3.63) is 95.8 Å². The number of rotatable bonds is 5. The maximum atomic E-state index is 12.8. The molecule has 0 amide bonds. The maximum absolute atomic E-state index is 12.8. The number of aromatic nitrogens is 1. The fourth-order valence-electron chi connectivity index (χ4n) is 2.46. The standard InChI is InChI=1S/C20H14N2O3S/c21-15-17(20(23)16-8-3-1-4-9-16)14-18-10-7-13-22(18)26(24,25)19-11-5-2-6-12-19/h1-14H/b17-14+. The molecule has 2 aromatic carbocycles. The zero-order valence-electron chi connectivity index (χ0n) is 13.6. The van der Waals surface area contributed by atoms with Gasteiger partial charge >= 0.3 is 0 Å². The van der Waals surface area contributed by atoms with E-state index in [4.69, 9.17) is 0 Å². The van der Waals surface area contributed by atoms with Gasteiger partial charge in [0.1, 0.15) is 11.6 Å². The Morgan fingerprint density at radius 3 is 2.15 bits per heavy atom. The van der Waals surface area contributed by atoms with Crippen LogP contribution in [0.2, 0.25) is 0 Å². The van der Waals surface area contributed by atoms with Gasteiger partial charge in [-0.3, -0.25) is 4.79 Å². The summed E-state index contributed by atoms with van der Waals surface area (Å²) in [4.78, 5) is 12.6. The second-order valence-corrected chi connectivity index (χ2v) is 7.23. The van der Waals surface area contributed by atoms with Gasteiger partial charge in [0.15, 0.2) is 0 Å². The molecule has 0 radical (unpaired) electrons. The van der Waals surface area contributed by atoms with Gasteiger partial charge in [0.2, 0.25) is 5.78 Å². The number of carbonyl (C=O) groups is 1. The van der Waals surface area contributed by atoms with Gasteiger partial charge < -0.3 is 0 Å². The van der Waals surface area contributed by atoms with E-state index in [0.29, 0.717) is 5.56 Å². The predicted molar refractivity (Wildman–Crippen MR) is 97.8 cm³/mol. The van der Waals surface area contributed by atoms with Gasteiger partial charge in [0, 0.05) is 11.8 Å². The van der Waals surface area contributed by atoms with Crippen molar-refractivity contribution in [3.8, 4) is 6.07 Å². The number of nitrogens with zero attached hydrogens (tertiary/aromatic N) is 2. The van der Waals surface area contributed by atoms with Crippen LogP contribution >= 0.6 is 0 Å². The van der Waals surface area contributed by atoms with E-state index in [2.05, 4.69) is 0 Å². The Bertz CT molecular complexity index is 1110. The summed E-state index contributed by atoms with van der Waals surface area (Å²) < 4.78 is 26.6. The zero-order valence-corrected chi connectivity index (χ0v) is 14.4. The second-order valence-electron chi connectivity index (χ2n) is 5.41. The van der Waals surface area contributed by atoms with Crippen LogP contribution in [0.5, 0.6) is 0 Å². The Hall–Kier alpha value is -3.43. The lowest BCUT2D eigenvalue weighted by molar-refractivity contribution is 0.104. The van der Waals surface area contributed by atoms with Gasteiger partial charge in [-0.05, 0) is 30.3 Å². The van der Waals surface area contributed by atoms with Crippen LogP contribution < -0.4 is 0 Å². The summed E-state index contributed by atoms with van der Waals surface area (Å²) in [5, 5.41) is 9.37. The van der Waals surface area contributed by atoms with Crippen LogP contribution in [0.15, 0.2) is 89.5 Å². The molecule has 0 bridgehead atoms. The van der Waals surface area contributed by atoms with Gasteiger partial charge in [0.05, 0.1) is 10.6 Å². The smallest absolute Gasteiger partial charge is 0.268 e. The average Bonchev–Trinajstić information content (AvgIpc) is 3.16. The molecule has 0 saturated heterocycles. The van der Waals surface area contributed by atoms with E-state index in [1.54, 1.807) is 54.6 Å². The first-order valence-electron chi connectivity index (χ1n) is 7.73. The minimum atomic E-state index is -3.82. The third-order valence-corrected chi connectivity index (χ3v) is 5.45. The van der Waals surface area contributed by atoms with Gasteiger partial charge in [-0.25, -0.2) is 12.4 Å². The number of nitriles is 1. The molecule has 0 aliphatic carbocycles. The minimum Gasteiger partial charge on any atom is -0.288 e. The van der Waals surface area contributed by atoms with Crippen LogP contribution in [-0.4, -0.2) is 18.2 Å². The number of benzene rings is 2. The van der Waals surface area contributed by atoms with E-state index in [9.17, 15) is 18.5 Å². The third kappa shape index (κ3) is 3.34. The average molecular weight is 362 g/mol. The Labute approximate surface area is 151 Å². The number of ketones is 1. The van der Waals surface area contributed by atoms with Crippen LogP contribution in [0.3, 0.4) is 0 Å². The van der Waals surface area contributed by atoms with E-state index in [1.165, 1.54) is 30.5 Å². The molecule has 0 aliphatic heterocycles. The van der Waals surface area contributed by atoms with E-state index >= 15 is 0 Å². The molecule has 0 unspecified atom stereocenters.